The second kappa shape index (κ2) is 7.26. The van der Waals surface area contributed by atoms with E-state index in [1.54, 1.807) is 22.5 Å². The molecule has 134 valence electrons. The van der Waals surface area contributed by atoms with Gasteiger partial charge in [0.05, 0.1) is 4.90 Å². The predicted molar refractivity (Wildman–Crippen MR) is 97.7 cm³/mol. The molecule has 2 aromatic carbocycles. The Labute approximate surface area is 149 Å². The Morgan fingerprint density at radius 3 is 2.44 bits per heavy atom. The summed E-state index contributed by atoms with van der Waals surface area (Å²) in [5, 5.41) is 0. The molecule has 0 N–H and O–H groups in total. The molecule has 0 spiro atoms. The van der Waals surface area contributed by atoms with Crippen molar-refractivity contribution in [3.8, 4) is 0 Å². The third-order valence-corrected chi connectivity index (χ3v) is 6.95. The van der Waals surface area contributed by atoms with Gasteiger partial charge in [0.1, 0.15) is 5.82 Å². The average molecular weight is 361 g/mol. The maximum absolute atomic E-state index is 13.2. The summed E-state index contributed by atoms with van der Waals surface area (Å²) in [4.78, 5) is 0.387. The summed E-state index contributed by atoms with van der Waals surface area (Å²) < 4.78 is 41.1. The van der Waals surface area contributed by atoms with E-state index in [1.807, 2.05) is 26.0 Å². The fraction of sp³-hybridized carbons (Fsp3) is 0.400. The SMILES string of the molecule is Cc1ccc(S(=O)(=O)N2CCCCC(c3ccc(F)cc3)C2)c(C)c1. The lowest BCUT2D eigenvalue weighted by atomic mass is 9.95. The molecule has 0 saturated carbocycles. The number of aryl methyl sites for hydroxylation is 2. The zero-order chi connectivity index (χ0) is 18.0. The summed E-state index contributed by atoms with van der Waals surface area (Å²) in [5.74, 6) is -0.166. The van der Waals surface area contributed by atoms with E-state index in [4.69, 9.17) is 0 Å². The zero-order valence-electron chi connectivity index (χ0n) is 14.7. The number of hydrogen-bond donors (Lipinski definition) is 0. The molecule has 25 heavy (non-hydrogen) atoms. The van der Waals surface area contributed by atoms with Crippen molar-refractivity contribution >= 4 is 10.0 Å². The number of rotatable bonds is 3. The highest BCUT2D eigenvalue weighted by molar-refractivity contribution is 7.89. The van der Waals surface area contributed by atoms with Crippen LogP contribution >= 0.6 is 0 Å². The monoisotopic (exact) mass is 361 g/mol. The van der Waals surface area contributed by atoms with Crippen LogP contribution in [0.25, 0.3) is 0 Å². The molecule has 0 aliphatic carbocycles. The number of hydrogen-bond acceptors (Lipinski definition) is 2. The number of benzene rings is 2. The maximum atomic E-state index is 13.2. The molecule has 1 heterocycles. The molecule has 3 rings (SSSR count). The first-order valence-corrected chi connectivity index (χ1v) is 10.1. The first-order chi connectivity index (χ1) is 11.9. The van der Waals surface area contributed by atoms with Gasteiger partial charge in [0.15, 0.2) is 0 Å². The van der Waals surface area contributed by atoms with E-state index in [2.05, 4.69) is 0 Å². The molecule has 0 amide bonds. The van der Waals surface area contributed by atoms with E-state index in [0.717, 1.165) is 36.0 Å². The largest absolute Gasteiger partial charge is 0.243 e. The molecule has 1 saturated heterocycles. The van der Waals surface area contributed by atoms with Crippen LogP contribution in [0, 0.1) is 19.7 Å². The standard InChI is InChI=1S/C20H24FNO2S/c1-15-6-11-20(16(2)13-15)25(23,24)22-12-4-3-5-18(14-22)17-7-9-19(21)10-8-17/h6-11,13,18H,3-5,12,14H2,1-2H3. The van der Waals surface area contributed by atoms with Crippen LogP contribution in [-0.2, 0) is 10.0 Å². The molecule has 1 aliphatic heterocycles. The second-order valence-corrected chi connectivity index (χ2v) is 8.78. The second-order valence-electron chi connectivity index (χ2n) is 6.88. The molecule has 0 radical (unpaired) electrons. The summed E-state index contributed by atoms with van der Waals surface area (Å²) in [6, 6.07) is 11.9. The molecule has 0 aromatic heterocycles. The third kappa shape index (κ3) is 3.93. The molecule has 1 aliphatic rings. The number of sulfonamides is 1. The molecule has 0 bridgehead atoms. The van der Waals surface area contributed by atoms with Crippen molar-refractivity contribution < 1.29 is 12.8 Å². The van der Waals surface area contributed by atoms with Crippen molar-refractivity contribution in [3.63, 3.8) is 0 Å². The van der Waals surface area contributed by atoms with Gasteiger partial charge in [0.2, 0.25) is 10.0 Å². The van der Waals surface area contributed by atoms with E-state index >= 15 is 0 Å². The minimum absolute atomic E-state index is 0.101. The first kappa shape index (κ1) is 18.1. The van der Waals surface area contributed by atoms with Crippen LogP contribution in [-0.4, -0.2) is 25.8 Å². The normalized spacial score (nSPS) is 19.6. The van der Waals surface area contributed by atoms with Gasteiger partial charge in [0.25, 0.3) is 0 Å². The van der Waals surface area contributed by atoms with Gasteiger partial charge < -0.3 is 0 Å². The Balaban J connectivity index is 1.90. The van der Waals surface area contributed by atoms with Crippen LogP contribution < -0.4 is 0 Å². The van der Waals surface area contributed by atoms with Crippen molar-refractivity contribution in [2.45, 2.75) is 43.9 Å². The lowest BCUT2D eigenvalue weighted by Gasteiger charge is -2.25. The van der Waals surface area contributed by atoms with Crippen molar-refractivity contribution in [1.82, 2.24) is 4.31 Å². The predicted octanol–water partition coefficient (Wildman–Crippen LogP) is 4.40. The zero-order valence-corrected chi connectivity index (χ0v) is 15.5. The van der Waals surface area contributed by atoms with E-state index in [1.165, 1.54) is 12.1 Å². The van der Waals surface area contributed by atoms with Gasteiger partial charge in [-0.15, -0.1) is 0 Å². The Kier molecular flexibility index (Phi) is 5.25. The van der Waals surface area contributed by atoms with Crippen LogP contribution in [0.4, 0.5) is 4.39 Å². The van der Waals surface area contributed by atoms with E-state index in [0.29, 0.717) is 18.0 Å². The van der Waals surface area contributed by atoms with Crippen molar-refractivity contribution in [2.24, 2.45) is 0 Å². The van der Waals surface area contributed by atoms with Crippen LogP contribution in [0.2, 0.25) is 0 Å². The summed E-state index contributed by atoms with van der Waals surface area (Å²) in [6.45, 7) is 4.78. The fourth-order valence-corrected chi connectivity index (χ4v) is 5.29. The van der Waals surface area contributed by atoms with Crippen LogP contribution in [0.5, 0.6) is 0 Å². The number of halogens is 1. The van der Waals surface area contributed by atoms with Gasteiger partial charge in [-0.25, -0.2) is 12.8 Å². The molecular weight excluding hydrogens is 337 g/mol. The first-order valence-electron chi connectivity index (χ1n) is 8.71. The van der Waals surface area contributed by atoms with E-state index in [-0.39, 0.29) is 11.7 Å². The van der Waals surface area contributed by atoms with Crippen LogP contribution in [0.15, 0.2) is 47.4 Å². The molecule has 1 atom stereocenters. The highest BCUT2D eigenvalue weighted by Gasteiger charge is 2.30. The summed E-state index contributed by atoms with van der Waals surface area (Å²) in [5.41, 5.74) is 2.84. The fourth-order valence-electron chi connectivity index (χ4n) is 3.56. The summed E-state index contributed by atoms with van der Waals surface area (Å²) >= 11 is 0. The summed E-state index contributed by atoms with van der Waals surface area (Å²) in [7, 11) is -3.52. The van der Waals surface area contributed by atoms with Gasteiger partial charge in [0, 0.05) is 13.1 Å². The third-order valence-electron chi connectivity index (χ3n) is 4.92. The Morgan fingerprint density at radius 2 is 1.76 bits per heavy atom. The highest BCUT2D eigenvalue weighted by Crippen LogP contribution is 2.30. The molecular formula is C20H24FNO2S. The summed E-state index contributed by atoms with van der Waals surface area (Å²) in [6.07, 6.45) is 2.74. The van der Waals surface area contributed by atoms with Crippen LogP contribution in [0.3, 0.4) is 0 Å². The van der Waals surface area contributed by atoms with Gasteiger partial charge >= 0.3 is 0 Å². The molecule has 5 heteroatoms. The highest BCUT2D eigenvalue weighted by atomic mass is 32.2. The lowest BCUT2D eigenvalue weighted by Crippen LogP contribution is -2.34. The average Bonchev–Trinajstić information content (AvgIpc) is 2.82. The van der Waals surface area contributed by atoms with E-state index in [9.17, 15) is 12.8 Å². The molecule has 1 fully saturated rings. The maximum Gasteiger partial charge on any atom is 0.243 e. The Morgan fingerprint density at radius 1 is 1.04 bits per heavy atom. The topological polar surface area (TPSA) is 37.4 Å². The Hall–Kier alpha value is -1.72. The van der Waals surface area contributed by atoms with Gasteiger partial charge in [-0.2, -0.15) is 4.31 Å². The lowest BCUT2D eigenvalue weighted by molar-refractivity contribution is 0.406. The van der Waals surface area contributed by atoms with Gasteiger partial charge in [-0.1, -0.05) is 36.2 Å². The molecule has 1 unspecified atom stereocenters. The smallest absolute Gasteiger partial charge is 0.207 e. The van der Waals surface area contributed by atoms with E-state index < -0.39 is 10.0 Å². The minimum atomic E-state index is -3.52. The Bertz CT molecular complexity index is 846. The molecule has 2 aromatic rings. The minimum Gasteiger partial charge on any atom is -0.207 e. The molecule has 3 nitrogen and oxygen atoms in total. The number of nitrogens with zero attached hydrogens (tertiary/aromatic N) is 1. The van der Waals surface area contributed by atoms with Gasteiger partial charge in [-0.3, -0.25) is 0 Å². The van der Waals surface area contributed by atoms with Crippen molar-refractivity contribution in [1.29, 1.82) is 0 Å². The van der Waals surface area contributed by atoms with Crippen molar-refractivity contribution in [2.75, 3.05) is 13.1 Å². The quantitative estimate of drug-likeness (QED) is 0.812. The van der Waals surface area contributed by atoms with Crippen LogP contribution in [0.1, 0.15) is 41.9 Å². The van der Waals surface area contributed by atoms with Crippen molar-refractivity contribution in [3.05, 3.63) is 65.0 Å². The van der Waals surface area contributed by atoms with Gasteiger partial charge in [-0.05, 0) is 61.9 Å².